The van der Waals surface area contributed by atoms with Crippen LogP contribution >= 0.6 is 0 Å². The van der Waals surface area contributed by atoms with Crippen molar-refractivity contribution in [1.29, 1.82) is 0 Å². The molecule has 1 fully saturated rings. The van der Waals surface area contributed by atoms with Gasteiger partial charge in [0.2, 0.25) is 5.91 Å². The highest BCUT2D eigenvalue weighted by atomic mass is 19.4. The predicted octanol–water partition coefficient (Wildman–Crippen LogP) is 4.63. The fourth-order valence-corrected chi connectivity index (χ4v) is 3.07. The van der Waals surface area contributed by atoms with E-state index in [0.29, 0.717) is 11.3 Å². The van der Waals surface area contributed by atoms with Gasteiger partial charge in [0.15, 0.2) is 0 Å². The van der Waals surface area contributed by atoms with Gasteiger partial charge in [-0.25, -0.2) is 4.39 Å². The molecular formula is C19H18F4N2O. The molecule has 3 nitrogen and oxygen atoms in total. The Morgan fingerprint density at radius 2 is 1.81 bits per heavy atom. The lowest BCUT2D eigenvalue weighted by molar-refractivity contribution is -0.137. The molecule has 1 amide bonds. The van der Waals surface area contributed by atoms with Gasteiger partial charge in [0.05, 0.1) is 23.4 Å². The molecule has 2 aromatic rings. The van der Waals surface area contributed by atoms with E-state index in [1.165, 1.54) is 24.3 Å². The minimum atomic E-state index is -4.49. The summed E-state index contributed by atoms with van der Waals surface area (Å²) in [4.78, 5) is 14.2. The highest BCUT2D eigenvalue weighted by molar-refractivity contribution is 5.95. The summed E-state index contributed by atoms with van der Waals surface area (Å²) >= 11 is 0. The zero-order valence-corrected chi connectivity index (χ0v) is 13.9. The Morgan fingerprint density at radius 1 is 1.08 bits per heavy atom. The van der Waals surface area contributed by atoms with Crippen LogP contribution in [0.3, 0.4) is 0 Å². The molecule has 0 bridgehead atoms. The molecule has 3 rings (SSSR count). The van der Waals surface area contributed by atoms with E-state index in [-0.39, 0.29) is 12.1 Å². The summed E-state index contributed by atoms with van der Waals surface area (Å²) < 4.78 is 52.3. The Morgan fingerprint density at radius 3 is 2.46 bits per heavy atom. The molecule has 1 heterocycles. The first-order chi connectivity index (χ1) is 12.3. The fourth-order valence-electron chi connectivity index (χ4n) is 3.07. The number of hydrogen-bond acceptors (Lipinski definition) is 2. The molecule has 0 atom stereocenters. The quantitative estimate of drug-likeness (QED) is 0.801. The minimum Gasteiger partial charge on any atom is -0.370 e. The smallest absolute Gasteiger partial charge is 0.370 e. The van der Waals surface area contributed by atoms with Gasteiger partial charge >= 0.3 is 6.18 Å². The first-order valence-electron chi connectivity index (χ1n) is 8.33. The van der Waals surface area contributed by atoms with E-state index in [1.807, 2.05) is 4.90 Å². The highest BCUT2D eigenvalue weighted by Gasteiger charge is 2.32. The lowest BCUT2D eigenvalue weighted by Crippen LogP contribution is -2.22. The van der Waals surface area contributed by atoms with E-state index >= 15 is 0 Å². The number of nitrogens with zero attached hydrogens (tertiary/aromatic N) is 1. The number of rotatable bonds is 4. The normalized spacial score (nSPS) is 14.5. The van der Waals surface area contributed by atoms with Crippen LogP contribution in [0.1, 0.15) is 24.0 Å². The van der Waals surface area contributed by atoms with Crippen molar-refractivity contribution in [2.45, 2.75) is 25.4 Å². The lowest BCUT2D eigenvalue weighted by Gasteiger charge is -2.23. The van der Waals surface area contributed by atoms with E-state index in [9.17, 15) is 22.4 Å². The van der Waals surface area contributed by atoms with Crippen molar-refractivity contribution in [1.82, 2.24) is 0 Å². The van der Waals surface area contributed by atoms with E-state index < -0.39 is 23.5 Å². The van der Waals surface area contributed by atoms with Gasteiger partial charge in [-0.1, -0.05) is 12.1 Å². The number of anilines is 2. The molecule has 0 aliphatic carbocycles. The van der Waals surface area contributed by atoms with Crippen LogP contribution in [0.15, 0.2) is 42.5 Å². The summed E-state index contributed by atoms with van der Waals surface area (Å²) in [5, 5.41) is 2.56. The SMILES string of the molecule is O=C(Cc1cccc(F)c1)Nc1cc(C(F)(F)F)ccc1N1CCCC1. The average molecular weight is 366 g/mol. The first-order valence-corrected chi connectivity index (χ1v) is 8.33. The van der Waals surface area contributed by atoms with Crippen molar-refractivity contribution in [3.8, 4) is 0 Å². The van der Waals surface area contributed by atoms with Crippen molar-refractivity contribution in [3.05, 3.63) is 59.4 Å². The summed E-state index contributed by atoms with van der Waals surface area (Å²) in [7, 11) is 0. The van der Waals surface area contributed by atoms with Gasteiger partial charge in [0.25, 0.3) is 0 Å². The highest BCUT2D eigenvalue weighted by Crippen LogP contribution is 2.36. The zero-order chi connectivity index (χ0) is 18.7. The Bertz CT molecular complexity index is 798. The largest absolute Gasteiger partial charge is 0.416 e. The second-order valence-electron chi connectivity index (χ2n) is 6.28. The summed E-state index contributed by atoms with van der Waals surface area (Å²) in [6, 6.07) is 8.94. The Hall–Kier alpha value is -2.57. The van der Waals surface area contributed by atoms with Crippen LogP contribution in [-0.4, -0.2) is 19.0 Å². The third kappa shape index (κ3) is 4.33. The Kier molecular flexibility index (Phi) is 5.15. The fraction of sp³-hybridized carbons (Fsp3) is 0.316. The van der Waals surface area contributed by atoms with E-state index in [2.05, 4.69) is 5.32 Å². The number of carbonyl (C=O) groups excluding carboxylic acids is 1. The van der Waals surface area contributed by atoms with Gasteiger partial charge in [0.1, 0.15) is 5.82 Å². The predicted molar refractivity (Wildman–Crippen MR) is 91.6 cm³/mol. The van der Waals surface area contributed by atoms with E-state index in [4.69, 9.17) is 0 Å². The Balaban J connectivity index is 1.84. The molecule has 0 spiro atoms. The standard InChI is InChI=1S/C19H18F4N2O/c20-15-5-3-4-13(10-15)11-18(26)24-16-12-14(19(21,22)23)6-7-17(16)25-8-1-2-9-25/h3-7,10,12H,1-2,8-9,11H2,(H,24,26). The molecule has 0 saturated carbocycles. The number of benzene rings is 2. The molecule has 1 aliphatic heterocycles. The van der Waals surface area contributed by atoms with Crippen molar-refractivity contribution >= 4 is 17.3 Å². The van der Waals surface area contributed by atoms with Gasteiger partial charge in [-0.2, -0.15) is 13.2 Å². The number of hydrogen-bond donors (Lipinski definition) is 1. The number of nitrogens with one attached hydrogen (secondary N) is 1. The van der Waals surface area contributed by atoms with Crippen molar-refractivity contribution in [2.75, 3.05) is 23.3 Å². The van der Waals surface area contributed by atoms with Gasteiger partial charge in [-0.05, 0) is 48.7 Å². The summed E-state index contributed by atoms with van der Waals surface area (Å²) in [6.07, 6.45) is -2.70. The molecule has 0 unspecified atom stereocenters. The molecule has 7 heteroatoms. The van der Waals surface area contributed by atoms with E-state index in [0.717, 1.165) is 38.1 Å². The molecule has 138 valence electrons. The third-order valence-corrected chi connectivity index (χ3v) is 4.30. The van der Waals surface area contributed by atoms with Crippen molar-refractivity contribution in [3.63, 3.8) is 0 Å². The monoisotopic (exact) mass is 366 g/mol. The molecule has 2 aromatic carbocycles. The minimum absolute atomic E-state index is 0.118. The molecule has 1 N–H and O–H groups in total. The van der Waals surface area contributed by atoms with Crippen LogP contribution < -0.4 is 10.2 Å². The number of carbonyl (C=O) groups is 1. The van der Waals surface area contributed by atoms with Crippen LogP contribution in [-0.2, 0) is 17.4 Å². The van der Waals surface area contributed by atoms with Crippen LogP contribution in [0.25, 0.3) is 0 Å². The molecule has 0 aromatic heterocycles. The molecule has 26 heavy (non-hydrogen) atoms. The topological polar surface area (TPSA) is 32.3 Å². The van der Waals surface area contributed by atoms with Crippen molar-refractivity contribution < 1.29 is 22.4 Å². The first kappa shape index (κ1) is 18.2. The number of amides is 1. The van der Waals surface area contributed by atoms with Gasteiger partial charge in [0, 0.05) is 13.1 Å². The van der Waals surface area contributed by atoms with Crippen LogP contribution in [0, 0.1) is 5.82 Å². The average Bonchev–Trinajstić information content (AvgIpc) is 3.08. The third-order valence-electron chi connectivity index (χ3n) is 4.30. The van der Waals surface area contributed by atoms with Crippen molar-refractivity contribution in [2.24, 2.45) is 0 Å². The summed E-state index contributed by atoms with van der Waals surface area (Å²) in [6.45, 7) is 1.47. The van der Waals surface area contributed by atoms with Crippen LogP contribution in [0.4, 0.5) is 28.9 Å². The molecule has 1 saturated heterocycles. The maximum absolute atomic E-state index is 13.2. The second-order valence-corrected chi connectivity index (χ2v) is 6.28. The zero-order valence-electron chi connectivity index (χ0n) is 13.9. The van der Waals surface area contributed by atoms with Gasteiger partial charge < -0.3 is 10.2 Å². The summed E-state index contributed by atoms with van der Waals surface area (Å²) in [5.41, 5.74) is 0.338. The van der Waals surface area contributed by atoms with Crippen LogP contribution in [0.2, 0.25) is 0 Å². The van der Waals surface area contributed by atoms with Gasteiger partial charge in [-0.3, -0.25) is 4.79 Å². The maximum Gasteiger partial charge on any atom is 0.416 e. The second kappa shape index (κ2) is 7.35. The van der Waals surface area contributed by atoms with Gasteiger partial charge in [-0.15, -0.1) is 0 Å². The van der Waals surface area contributed by atoms with E-state index in [1.54, 1.807) is 6.07 Å². The Labute approximate surface area is 148 Å². The lowest BCUT2D eigenvalue weighted by atomic mass is 10.1. The number of halogens is 4. The maximum atomic E-state index is 13.2. The summed E-state index contributed by atoms with van der Waals surface area (Å²) in [5.74, 6) is -0.956. The van der Waals surface area contributed by atoms with Crippen LogP contribution in [0.5, 0.6) is 0 Å². The number of alkyl halides is 3. The molecule has 0 radical (unpaired) electrons. The molecule has 1 aliphatic rings. The molecular weight excluding hydrogens is 348 g/mol.